The highest BCUT2D eigenvalue weighted by molar-refractivity contribution is 6.29. The first-order valence-corrected chi connectivity index (χ1v) is 4.98. The quantitative estimate of drug-likeness (QED) is 0.677. The highest BCUT2D eigenvalue weighted by atomic mass is 35.5. The summed E-state index contributed by atoms with van der Waals surface area (Å²) >= 11 is 5.44. The molecule has 0 aliphatic carbocycles. The van der Waals surface area contributed by atoms with Crippen LogP contribution in [0.4, 0.5) is 13.2 Å². The van der Waals surface area contributed by atoms with E-state index in [1.54, 1.807) is 0 Å². The minimum Gasteiger partial charge on any atom is -0.371 e. The van der Waals surface area contributed by atoms with Gasteiger partial charge in [-0.1, -0.05) is 17.7 Å². The van der Waals surface area contributed by atoms with Crippen LogP contribution in [0.5, 0.6) is 0 Å². The molecule has 0 saturated heterocycles. The SMILES string of the molecule is CO[N+](=O)CC(O)(c1ccc(Cl)nc1)C(F)(F)F. The van der Waals surface area contributed by atoms with E-state index in [0.717, 1.165) is 25.4 Å². The van der Waals surface area contributed by atoms with Crippen molar-refractivity contribution in [3.8, 4) is 0 Å². The second-order valence-electron chi connectivity index (χ2n) is 3.40. The van der Waals surface area contributed by atoms with Gasteiger partial charge in [0.1, 0.15) is 5.15 Å². The predicted molar refractivity (Wildman–Crippen MR) is 54.7 cm³/mol. The van der Waals surface area contributed by atoms with Crippen LogP contribution < -0.4 is 0 Å². The van der Waals surface area contributed by atoms with Gasteiger partial charge in [0.2, 0.25) is 4.92 Å². The van der Waals surface area contributed by atoms with E-state index in [0.29, 0.717) is 0 Å². The van der Waals surface area contributed by atoms with Gasteiger partial charge in [-0.15, -0.1) is 0 Å². The summed E-state index contributed by atoms with van der Waals surface area (Å²) in [5.74, 6) is 0. The molecule has 0 bridgehead atoms. The molecule has 0 radical (unpaired) electrons. The van der Waals surface area contributed by atoms with E-state index in [4.69, 9.17) is 11.6 Å². The molecule has 1 unspecified atom stereocenters. The third-order valence-electron chi connectivity index (χ3n) is 2.24. The average molecular weight is 286 g/mol. The van der Waals surface area contributed by atoms with Gasteiger partial charge < -0.3 is 5.11 Å². The summed E-state index contributed by atoms with van der Waals surface area (Å²) in [6.07, 6.45) is -4.32. The molecule has 0 aliphatic rings. The second kappa shape index (κ2) is 5.07. The fourth-order valence-corrected chi connectivity index (χ4v) is 1.33. The molecule has 1 rings (SSSR count). The third kappa shape index (κ3) is 2.88. The van der Waals surface area contributed by atoms with Crippen molar-refractivity contribution in [3.63, 3.8) is 0 Å². The lowest BCUT2D eigenvalue weighted by atomic mass is 9.95. The van der Waals surface area contributed by atoms with Crippen LogP contribution >= 0.6 is 11.6 Å². The van der Waals surface area contributed by atoms with Crippen LogP contribution in [0.25, 0.3) is 0 Å². The van der Waals surface area contributed by atoms with Crippen molar-refractivity contribution < 1.29 is 28.0 Å². The Labute approximate surface area is 105 Å². The maximum Gasteiger partial charge on any atom is 0.428 e. The van der Waals surface area contributed by atoms with Crippen molar-refractivity contribution in [1.82, 2.24) is 4.98 Å². The third-order valence-corrected chi connectivity index (χ3v) is 2.46. The molecule has 0 aromatic carbocycles. The lowest BCUT2D eigenvalue weighted by Crippen LogP contribution is -2.48. The Morgan fingerprint density at radius 3 is 2.50 bits per heavy atom. The topological polar surface area (TPSA) is 62.4 Å². The van der Waals surface area contributed by atoms with Crippen LogP contribution in [0.3, 0.4) is 0 Å². The van der Waals surface area contributed by atoms with Crippen molar-refractivity contribution in [2.75, 3.05) is 13.7 Å². The van der Waals surface area contributed by atoms with Crippen LogP contribution in [0.2, 0.25) is 5.15 Å². The Hall–Kier alpha value is -1.41. The highest BCUT2D eigenvalue weighted by Gasteiger charge is 2.60. The Balaban J connectivity index is 3.20. The second-order valence-corrected chi connectivity index (χ2v) is 3.79. The highest BCUT2D eigenvalue weighted by Crippen LogP contribution is 2.39. The monoisotopic (exact) mass is 285 g/mol. The molecule has 1 aromatic heterocycles. The Kier molecular flexibility index (Phi) is 4.12. The molecule has 1 aromatic rings. The van der Waals surface area contributed by atoms with Crippen LogP contribution in [-0.4, -0.2) is 34.8 Å². The summed E-state index contributed by atoms with van der Waals surface area (Å²) < 4.78 is 38.6. The Bertz CT molecular complexity index is 438. The average Bonchev–Trinajstić information content (AvgIpc) is 2.28. The molecule has 0 aliphatic heterocycles. The molecule has 1 N–H and O–H groups in total. The summed E-state index contributed by atoms with van der Waals surface area (Å²) in [5, 5.41) is 9.65. The largest absolute Gasteiger partial charge is 0.428 e. The van der Waals surface area contributed by atoms with Crippen molar-refractivity contribution in [2.45, 2.75) is 11.8 Å². The van der Waals surface area contributed by atoms with Gasteiger partial charge in [0.15, 0.2) is 7.11 Å². The predicted octanol–water partition coefficient (Wildman–Crippen LogP) is 1.83. The van der Waals surface area contributed by atoms with Gasteiger partial charge in [0.05, 0.1) is 4.91 Å². The minimum absolute atomic E-state index is 0.0333. The van der Waals surface area contributed by atoms with Gasteiger partial charge in [-0.2, -0.15) is 13.2 Å². The molecular weight excluding hydrogens is 277 g/mol. The van der Waals surface area contributed by atoms with E-state index in [-0.39, 0.29) is 10.1 Å². The number of pyridine rings is 1. The minimum atomic E-state index is -5.07. The zero-order valence-corrected chi connectivity index (χ0v) is 9.87. The molecule has 0 fully saturated rings. The van der Waals surface area contributed by atoms with E-state index >= 15 is 0 Å². The van der Waals surface area contributed by atoms with Gasteiger partial charge in [0, 0.05) is 11.8 Å². The standard InChI is InChI=1S/C9H9ClF3N2O3/c1-18-15(17)5-8(16,9(11,12)13)6-2-3-7(10)14-4-6/h2-4,16H,5H2,1H3/q+1. The molecule has 5 nitrogen and oxygen atoms in total. The number of hydrogen-bond donors (Lipinski definition) is 1. The van der Waals surface area contributed by atoms with Crippen LogP contribution in [0, 0.1) is 4.91 Å². The first-order valence-electron chi connectivity index (χ1n) is 4.60. The number of halogens is 4. The number of rotatable bonds is 4. The Morgan fingerprint density at radius 2 is 2.11 bits per heavy atom. The smallest absolute Gasteiger partial charge is 0.371 e. The molecule has 18 heavy (non-hydrogen) atoms. The zero-order chi connectivity index (χ0) is 14.0. The maximum atomic E-state index is 12.9. The maximum absolute atomic E-state index is 12.9. The number of nitrogens with zero attached hydrogens (tertiary/aromatic N) is 2. The van der Waals surface area contributed by atoms with Crippen LogP contribution in [0.1, 0.15) is 5.56 Å². The van der Waals surface area contributed by atoms with Crippen molar-refractivity contribution in [3.05, 3.63) is 34.0 Å². The molecule has 1 atom stereocenters. The molecule has 0 saturated carbocycles. The summed E-state index contributed by atoms with van der Waals surface area (Å²) in [6.45, 7) is -1.34. The molecule has 1 heterocycles. The van der Waals surface area contributed by atoms with Crippen molar-refractivity contribution >= 4 is 11.6 Å². The molecule has 0 amide bonds. The van der Waals surface area contributed by atoms with Gasteiger partial charge in [-0.25, -0.2) is 9.82 Å². The molecule has 9 heteroatoms. The molecule has 0 spiro atoms. The lowest BCUT2D eigenvalue weighted by molar-refractivity contribution is -0.806. The van der Waals surface area contributed by atoms with E-state index in [1.165, 1.54) is 0 Å². The van der Waals surface area contributed by atoms with E-state index in [2.05, 4.69) is 9.82 Å². The first-order chi connectivity index (χ1) is 8.20. The first kappa shape index (κ1) is 14.7. The van der Waals surface area contributed by atoms with E-state index < -0.39 is 23.9 Å². The number of alkyl halides is 3. The number of aliphatic hydroxyl groups is 1. The van der Waals surface area contributed by atoms with Gasteiger partial charge in [-0.3, -0.25) is 0 Å². The zero-order valence-electron chi connectivity index (χ0n) is 9.11. The normalized spacial score (nSPS) is 15.0. The summed E-state index contributed by atoms with van der Waals surface area (Å²) in [5.41, 5.74) is -3.99. The summed E-state index contributed by atoms with van der Waals surface area (Å²) in [4.78, 5) is 18.0. The fraction of sp³-hybridized carbons (Fsp3) is 0.444. The Morgan fingerprint density at radius 1 is 1.50 bits per heavy atom. The molecular formula is C9H9ClF3N2O3+. The van der Waals surface area contributed by atoms with Gasteiger partial charge >= 0.3 is 6.18 Å². The molecule has 100 valence electrons. The van der Waals surface area contributed by atoms with Crippen molar-refractivity contribution in [1.29, 1.82) is 0 Å². The van der Waals surface area contributed by atoms with Crippen LogP contribution in [-0.2, 0) is 10.4 Å². The van der Waals surface area contributed by atoms with Gasteiger partial charge in [0.25, 0.3) is 12.1 Å². The lowest BCUT2D eigenvalue weighted by Gasteiger charge is -2.25. The summed E-state index contributed by atoms with van der Waals surface area (Å²) in [6, 6.07) is 2.02. The number of aromatic nitrogens is 1. The van der Waals surface area contributed by atoms with Crippen LogP contribution in [0.15, 0.2) is 18.3 Å². The summed E-state index contributed by atoms with van der Waals surface area (Å²) in [7, 11) is 0.893. The fourth-order valence-electron chi connectivity index (χ4n) is 1.22. The number of hydrogen-bond acceptors (Lipinski definition) is 4. The van der Waals surface area contributed by atoms with Crippen molar-refractivity contribution in [2.24, 2.45) is 0 Å². The van der Waals surface area contributed by atoms with E-state index in [9.17, 15) is 23.2 Å². The van der Waals surface area contributed by atoms with E-state index in [1.807, 2.05) is 0 Å². The van der Waals surface area contributed by atoms with Gasteiger partial charge in [-0.05, 0) is 6.07 Å².